The lowest BCUT2D eigenvalue weighted by molar-refractivity contribution is -0.343. The maximum Gasteiger partial charge on any atom is 0.509 e. The molecule has 1 aromatic carbocycles. The van der Waals surface area contributed by atoms with Crippen LogP contribution in [0.15, 0.2) is 30.3 Å². The Morgan fingerprint density at radius 2 is 1.82 bits per heavy atom. The third-order valence-electron chi connectivity index (χ3n) is 4.05. The van der Waals surface area contributed by atoms with E-state index < -0.39 is 37.0 Å². The molecule has 0 unspecified atom stereocenters. The van der Waals surface area contributed by atoms with E-state index in [1.165, 1.54) is 7.11 Å². The third kappa shape index (κ3) is 2.26. The molecule has 0 saturated carbocycles. The van der Waals surface area contributed by atoms with Gasteiger partial charge in [-0.15, -0.1) is 0 Å². The molecular formula is C15H16O7. The maximum absolute atomic E-state index is 11.5. The van der Waals surface area contributed by atoms with Crippen LogP contribution in [0.3, 0.4) is 0 Å². The van der Waals surface area contributed by atoms with Crippen molar-refractivity contribution >= 4 is 6.16 Å². The number of hydrogen-bond donors (Lipinski definition) is 0. The minimum atomic E-state index is -0.729. The van der Waals surface area contributed by atoms with Crippen molar-refractivity contribution in [3.05, 3.63) is 35.9 Å². The molecule has 3 fully saturated rings. The summed E-state index contributed by atoms with van der Waals surface area (Å²) in [4.78, 5) is 11.5. The number of carbonyl (C=O) groups excluding carboxylic acids is 1. The van der Waals surface area contributed by atoms with Gasteiger partial charge in [-0.3, -0.25) is 0 Å². The van der Waals surface area contributed by atoms with E-state index in [9.17, 15) is 4.79 Å². The highest BCUT2D eigenvalue weighted by Gasteiger charge is 2.57. The Labute approximate surface area is 127 Å². The van der Waals surface area contributed by atoms with Crippen LogP contribution in [0.25, 0.3) is 0 Å². The van der Waals surface area contributed by atoms with Crippen LogP contribution in [-0.2, 0) is 28.4 Å². The fourth-order valence-corrected chi connectivity index (χ4v) is 3.03. The molecule has 3 aliphatic rings. The highest BCUT2D eigenvalue weighted by atomic mass is 16.8. The number of benzene rings is 1. The monoisotopic (exact) mass is 308 g/mol. The average Bonchev–Trinajstić information content (AvgIpc) is 2.96. The zero-order chi connectivity index (χ0) is 15.1. The molecule has 6 atom stereocenters. The minimum Gasteiger partial charge on any atom is -0.424 e. The number of fused-ring (bicyclic) bond motifs is 3. The summed E-state index contributed by atoms with van der Waals surface area (Å²) in [6.07, 6.45) is -3.96. The fraction of sp³-hybridized carbons (Fsp3) is 0.533. The standard InChI is InChI=1S/C15H16O7/c1-17-14-12-11(21-15(16)22-12)10-9(19-14)7-18-13(20-10)8-5-3-2-4-6-8/h2-6,9-14H,7H2,1H3/t9-,10-,11+,12-,13-,14+/m1/s1. The Kier molecular flexibility index (Phi) is 3.50. The van der Waals surface area contributed by atoms with Crippen LogP contribution >= 0.6 is 0 Å². The second kappa shape index (κ2) is 5.51. The molecule has 0 aliphatic carbocycles. The van der Waals surface area contributed by atoms with Crippen LogP contribution in [0.2, 0.25) is 0 Å². The van der Waals surface area contributed by atoms with Gasteiger partial charge in [-0.25, -0.2) is 4.79 Å². The first-order valence-electron chi connectivity index (χ1n) is 7.14. The van der Waals surface area contributed by atoms with Crippen LogP contribution in [0.1, 0.15) is 11.9 Å². The predicted molar refractivity (Wildman–Crippen MR) is 70.8 cm³/mol. The van der Waals surface area contributed by atoms with Gasteiger partial charge in [-0.2, -0.15) is 0 Å². The molecule has 0 N–H and O–H groups in total. The number of rotatable bonds is 2. The van der Waals surface area contributed by atoms with Crippen LogP contribution < -0.4 is 0 Å². The van der Waals surface area contributed by atoms with Crippen LogP contribution in [-0.4, -0.2) is 50.6 Å². The van der Waals surface area contributed by atoms with E-state index in [0.29, 0.717) is 6.61 Å². The van der Waals surface area contributed by atoms with Crippen LogP contribution in [0, 0.1) is 0 Å². The molecule has 1 aromatic rings. The molecule has 3 saturated heterocycles. The quantitative estimate of drug-likeness (QED) is 0.764. The summed E-state index contributed by atoms with van der Waals surface area (Å²) in [6.45, 7) is 0.324. The molecule has 22 heavy (non-hydrogen) atoms. The van der Waals surface area contributed by atoms with Crippen molar-refractivity contribution in [2.75, 3.05) is 13.7 Å². The Morgan fingerprint density at radius 1 is 1.05 bits per heavy atom. The SMILES string of the molecule is CO[C@H]1O[C@@H]2CO[C@@H](c3ccccc3)O[C@H]2[C@@H]2OC(=O)O[C@@H]12. The molecule has 0 radical (unpaired) electrons. The first kappa shape index (κ1) is 14.0. The first-order valence-corrected chi connectivity index (χ1v) is 7.14. The number of methoxy groups -OCH3 is 1. The van der Waals surface area contributed by atoms with Crippen molar-refractivity contribution in [3.63, 3.8) is 0 Å². The minimum absolute atomic E-state index is 0.324. The molecule has 0 bridgehead atoms. The number of hydrogen-bond acceptors (Lipinski definition) is 7. The molecule has 118 valence electrons. The van der Waals surface area contributed by atoms with E-state index in [1.54, 1.807) is 0 Å². The molecule has 4 rings (SSSR count). The second-order valence-corrected chi connectivity index (χ2v) is 5.37. The summed E-state index contributed by atoms with van der Waals surface area (Å²) in [5.41, 5.74) is 0.900. The number of ether oxygens (including phenoxy) is 6. The molecular weight excluding hydrogens is 292 g/mol. The summed E-state index contributed by atoms with van der Waals surface area (Å²) in [6, 6.07) is 9.58. The fourth-order valence-electron chi connectivity index (χ4n) is 3.03. The van der Waals surface area contributed by atoms with E-state index in [-0.39, 0.29) is 6.10 Å². The zero-order valence-electron chi connectivity index (χ0n) is 11.9. The molecule has 7 nitrogen and oxygen atoms in total. The normalized spacial score (nSPS) is 40.3. The van der Waals surface area contributed by atoms with Gasteiger partial charge in [0.25, 0.3) is 0 Å². The summed E-state index contributed by atoms with van der Waals surface area (Å²) in [5, 5.41) is 0. The summed E-state index contributed by atoms with van der Waals surface area (Å²) >= 11 is 0. The molecule has 3 heterocycles. The van der Waals surface area contributed by atoms with E-state index in [4.69, 9.17) is 28.4 Å². The van der Waals surface area contributed by atoms with Crippen molar-refractivity contribution < 1.29 is 33.2 Å². The van der Waals surface area contributed by atoms with Gasteiger partial charge in [0, 0.05) is 12.7 Å². The highest BCUT2D eigenvalue weighted by molar-refractivity contribution is 5.63. The predicted octanol–water partition coefficient (Wildman–Crippen LogP) is 1.38. The highest BCUT2D eigenvalue weighted by Crippen LogP contribution is 2.38. The van der Waals surface area contributed by atoms with E-state index in [2.05, 4.69) is 0 Å². The molecule has 0 amide bonds. The molecule has 3 aliphatic heterocycles. The van der Waals surface area contributed by atoms with Crippen molar-refractivity contribution in [3.8, 4) is 0 Å². The van der Waals surface area contributed by atoms with E-state index in [0.717, 1.165) is 5.56 Å². The van der Waals surface area contributed by atoms with Crippen LogP contribution in [0.4, 0.5) is 4.79 Å². The smallest absolute Gasteiger partial charge is 0.424 e. The summed E-state index contributed by atoms with van der Waals surface area (Å²) in [7, 11) is 1.49. The lowest BCUT2D eigenvalue weighted by atomic mass is 9.98. The molecule has 7 heteroatoms. The van der Waals surface area contributed by atoms with Crippen LogP contribution in [0.5, 0.6) is 0 Å². The van der Waals surface area contributed by atoms with Gasteiger partial charge in [0.1, 0.15) is 12.2 Å². The largest absolute Gasteiger partial charge is 0.509 e. The van der Waals surface area contributed by atoms with Crippen molar-refractivity contribution in [1.82, 2.24) is 0 Å². The Balaban J connectivity index is 1.56. The zero-order valence-corrected chi connectivity index (χ0v) is 11.9. The van der Waals surface area contributed by atoms with Gasteiger partial charge >= 0.3 is 6.16 Å². The van der Waals surface area contributed by atoms with Crippen molar-refractivity contribution in [2.24, 2.45) is 0 Å². The van der Waals surface area contributed by atoms with Gasteiger partial charge < -0.3 is 28.4 Å². The van der Waals surface area contributed by atoms with E-state index >= 15 is 0 Å². The van der Waals surface area contributed by atoms with Gasteiger partial charge in [0.15, 0.2) is 24.8 Å². The first-order chi connectivity index (χ1) is 10.8. The van der Waals surface area contributed by atoms with Gasteiger partial charge in [-0.05, 0) is 0 Å². The Morgan fingerprint density at radius 3 is 2.59 bits per heavy atom. The average molecular weight is 308 g/mol. The van der Waals surface area contributed by atoms with E-state index in [1.807, 2.05) is 30.3 Å². The maximum atomic E-state index is 11.5. The molecule has 0 aromatic heterocycles. The number of carbonyl (C=O) groups is 1. The van der Waals surface area contributed by atoms with Crippen molar-refractivity contribution in [2.45, 2.75) is 37.0 Å². The Bertz CT molecular complexity index is 548. The van der Waals surface area contributed by atoms with Gasteiger partial charge in [-0.1, -0.05) is 30.3 Å². The summed E-state index contributed by atoms with van der Waals surface area (Å²) in [5.74, 6) is 0. The topological polar surface area (TPSA) is 72.5 Å². The van der Waals surface area contributed by atoms with Gasteiger partial charge in [0.05, 0.1) is 6.61 Å². The van der Waals surface area contributed by atoms with Gasteiger partial charge in [0.2, 0.25) is 0 Å². The Hall–Kier alpha value is -1.67. The third-order valence-corrected chi connectivity index (χ3v) is 4.05. The van der Waals surface area contributed by atoms with Crippen molar-refractivity contribution in [1.29, 1.82) is 0 Å². The summed E-state index contributed by atoms with van der Waals surface area (Å²) < 4.78 is 33.0. The second-order valence-electron chi connectivity index (χ2n) is 5.37. The lowest BCUT2D eigenvalue weighted by Gasteiger charge is -2.44. The molecule has 0 spiro atoms. The lowest BCUT2D eigenvalue weighted by Crippen LogP contribution is -2.61.